The minimum atomic E-state index is -0.427. The van der Waals surface area contributed by atoms with Crippen molar-refractivity contribution in [3.63, 3.8) is 0 Å². The van der Waals surface area contributed by atoms with Gasteiger partial charge in [0.1, 0.15) is 12.4 Å². The monoisotopic (exact) mass is 424 g/mol. The number of thioether (sulfide) groups is 1. The molecule has 2 N–H and O–H groups in total. The van der Waals surface area contributed by atoms with E-state index in [9.17, 15) is 4.79 Å². The third-order valence-electron chi connectivity index (χ3n) is 4.22. The van der Waals surface area contributed by atoms with E-state index in [2.05, 4.69) is 10.2 Å². The number of nitrogens with zero attached hydrogens (tertiary/aromatic N) is 3. The van der Waals surface area contributed by atoms with Crippen LogP contribution in [0.1, 0.15) is 5.82 Å². The van der Waals surface area contributed by atoms with Gasteiger partial charge in [-0.25, -0.2) is 0 Å². The number of halogens is 1. The largest absolute Gasteiger partial charge is 0.485 e. The first-order chi connectivity index (χ1) is 14.1. The molecule has 0 fully saturated rings. The van der Waals surface area contributed by atoms with E-state index >= 15 is 0 Å². The molecule has 0 bridgehead atoms. The van der Waals surface area contributed by atoms with Gasteiger partial charge in [0, 0.05) is 10.4 Å². The van der Waals surface area contributed by atoms with Crippen LogP contribution in [0.2, 0.25) is 5.02 Å². The summed E-state index contributed by atoms with van der Waals surface area (Å²) in [6, 6.07) is 21.3. The summed E-state index contributed by atoms with van der Waals surface area (Å²) >= 11 is 7.38. The van der Waals surface area contributed by atoms with Crippen LogP contribution in [0, 0.1) is 0 Å². The predicted molar refractivity (Wildman–Crippen MR) is 115 cm³/mol. The minimum Gasteiger partial charge on any atom is -0.485 e. The Morgan fingerprint density at radius 3 is 2.69 bits per heavy atom. The highest BCUT2D eigenvalue weighted by Gasteiger charge is 2.16. The molecular weight excluding hydrogens is 408 g/mol. The highest BCUT2D eigenvalue weighted by atomic mass is 35.5. The summed E-state index contributed by atoms with van der Waals surface area (Å²) < 4.78 is 7.90. The normalized spacial score (nSPS) is 10.9. The molecule has 0 radical (unpaired) electrons. The Kier molecular flexibility index (Phi) is 5.69. The standard InChI is InChI=1S/C21H17ClN4O2S/c22-15-7-4-8-16(11-15)26-20(24-25-21(26)29-13-19(23)27)12-28-18-10-3-6-14-5-1-2-9-17(14)18/h1-11H,12-13H2,(H2,23,27). The molecule has 29 heavy (non-hydrogen) atoms. The third-order valence-corrected chi connectivity index (χ3v) is 5.40. The maximum absolute atomic E-state index is 11.2. The molecule has 0 unspecified atom stereocenters. The summed E-state index contributed by atoms with van der Waals surface area (Å²) in [4.78, 5) is 11.2. The number of benzene rings is 3. The van der Waals surface area contributed by atoms with Gasteiger partial charge in [0.05, 0.1) is 11.4 Å². The van der Waals surface area contributed by atoms with E-state index in [0.29, 0.717) is 16.0 Å². The highest BCUT2D eigenvalue weighted by molar-refractivity contribution is 7.99. The van der Waals surface area contributed by atoms with Crippen LogP contribution in [-0.2, 0) is 11.4 Å². The van der Waals surface area contributed by atoms with Crippen molar-refractivity contribution in [3.8, 4) is 11.4 Å². The molecule has 0 saturated carbocycles. The molecule has 0 aliphatic heterocycles. The fraction of sp³-hybridized carbons (Fsp3) is 0.0952. The number of amides is 1. The molecule has 4 rings (SSSR count). The number of carbonyl (C=O) groups is 1. The van der Waals surface area contributed by atoms with Gasteiger partial charge in [-0.15, -0.1) is 10.2 Å². The average Bonchev–Trinajstić information content (AvgIpc) is 3.13. The summed E-state index contributed by atoms with van der Waals surface area (Å²) in [7, 11) is 0. The fourth-order valence-electron chi connectivity index (χ4n) is 2.96. The van der Waals surface area contributed by atoms with E-state index in [0.717, 1.165) is 22.2 Å². The second-order valence-electron chi connectivity index (χ2n) is 6.24. The Hall–Kier alpha value is -3.03. The zero-order valence-corrected chi connectivity index (χ0v) is 16.9. The van der Waals surface area contributed by atoms with Gasteiger partial charge in [-0.2, -0.15) is 0 Å². The molecule has 0 aliphatic rings. The van der Waals surface area contributed by atoms with E-state index in [1.54, 1.807) is 12.1 Å². The summed E-state index contributed by atoms with van der Waals surface area (Å²) in [6.07, 6.45) is 0. The Balaban J connectivity index is 1.67. The predicted octanol–water partition coefficient (Wildman–Crippen LogP) is 4.23. The number of ether oxygens (including phenoxy) is 1. The van der Waals surface area contributed by atoms with Gasteiger partial charge in [0.2, 0.25) is 5.91 Å². The van der Waals surface area contributed by atoms with Crippen molar-refractivity contribution in [3.05, 3.63) is 77.6 Å². The smallest absolute Gasteiger partial charge is 0.227 e. The molecule has 146 valence electrons. The van der Waals surface area contributed by atoms with Crippen LogP contribution in [0.25, 0.3) is 16.5 Å². The van der Waals surface area contributed by atoms with Gasteiger partial charge < -0.3 is 10.5 Å². The van der Waals surface area contributed by atoms with Crippen LogP contribution in [0.5, 0.6) is 5.75 Å². The first kappa shape index (κ1) is 19.3. The van der Waals surface area contributed by atoms with E-state index in [-0.39, 0.29) is 12.4 Å². The summed E-state index contributed by atoms with van der Waals surface area (Å²) in [5.74, 6) is 1.02. The van der Waals surface area contributed by atoms with Gasteiger partial charge in [-0.1, -0.05) is 65.8 Å². The topological polar surface area (TPSA) is 83.0 Å². The lowest BCUT2D eigenvalue weighted by Gasteiger charge is -2.12. The van der Waals surface area contributed by atoms with Crippen LogP contribution in [0.15, 0.2) is 71.9 Å². The van der Waals surface area contributed by atoms with E-state index in [1.807, 2.05) is 59.2 Å². The van der Waals surface area contributed by atoms with Gasteiger partial charge >= 0.3 is 0 Å². The molecule has 0 spiro atoms. The average molecular weight is 425 g/mol. The number of rotatable bonds is 7. The maximum atomic E-state index is 11.2. The van der Waals surface area contributed by atoms with Gasteiger partial charge in [-0.3, -0.25) is 9.36 Å². The summed E-state index contributed by atoms with van der Waals surface area (Å²) in [5, 5.41) is 11.7. The van der Waals surface area contributed by atoms with Crippen LogP contribution in [-0.4, -0.2) is 26.4 Å². The lowest BCUT2D eigenvalue weighted by atomic mass is 10.1. The van der Waals surface area contributed by atoms with Crippen LogP contribution >= 0.6 is 23.4 Å². The van der Waals surface area contributed by atoms with E-state index in [1.165, 1.54) is 11.8 Å². The number of hydrogen-bond acceptors (Lipinski definition) is 5. The van der Waals surface area contributed by atoms with Gasteiger partial charge in [-0.05, 0) is 29.7 Å². The first-order valence-corrected chi connectivity index (χ1v) is 10.2. The number of carbonyl (C=O) groups excluding carboxylic acids is 1. The number of hydrogen-bond donors (Lipinski definition) is 1. The molecule has 6 nitrogen and oxygen atoms in total. The highest BCUT2D eigenvalue weighted by Crippen LogP contribution is 2.28. The summed E-state index contributed by atoms with van der Waals surface area (Å²) in [5.41, 5.74) is 6.07. The zero-order chi connectivity index (χ0) is 20.2. The van der Waals surface area contributed by atoms with Crippen molar-refractivity contribution in [1.82, 2.24) is 14.8 Å². The molecular formula is C21H17ClN4O2S. The zero-order valence-electron chi connectivity index (χ0n) is 15.3. The second kappa shape index (κ2) is 8.55. The van der Waals surface area contributed by atoms with Crippen molar-refractivity contribution < 1.29 is 9.53 Å². The Labute approximate surface area is 176 Å². The molecule has 1 amide bonds. The van der Waals surface area contributed by atoms with E-state index in [4.69, 9.17) is 22.1 Å². The van der Waals surface area contributed by atoms with Crippen LogP contribution in [0.4, 0.5) is 0 Å². The minimum absolute atomic E-state index is 0.100. The van der Waals surface area contributed by atoms with Gasteiger partial charge in [0.25, 0.3) is 0 Å². The number of primary amides is 1. The van der Waals surface area contributed by atoms with Crippen molar-refractivity contribution in [2.75, 3.05) is 5.75 Å². The maximum Gasteiger partial charge on any atom is 0.227 e. The SMILES string of the molecule is NC(=O)CSc1nnc(COc2cccc3ccccc23)n1-c1cccc(Cl)c1. The fourth-order valence-corrected chi connectivity index (χ4v) is 3.86. The molecule has 0 atom stereocenters. The molecule has 8 heteroatoms. The van der Waals surface area contributed by atoms with Crippen LogP contribution in [0.3, 0.4) is 0 Å². The molecule has 1 heterocycles. The van der Waals surface area contributed by atoms with Crippen molar-refractivity contribution >= 4 is 40.0 Å². The molecule has 1 aromatic heterocycles. The van der Waals surface area contributed by atoms with Crippen molar-refractivity contribution in [2.24, 2.45) is 5.73 Å². The van der Waals surface area contributed by atoms with Crippen molar-refractivity contribution in [1.29, 1.82) is 0 Å². The number of fused-ring (bicyclic) bond motifs is 1. The van der Waals surface area contributed by atoms with E-state index < -0.39 is 5.91 Å². The lowest BCUT2D eigenvalue weighted by molar-refractivity contribution is -0.115. The lowest BCUT2D eigenvalue weighted by Crippen LogP contribution is -2.14. The molecule has 3 aromatic carbocycles. The second-order valence-corrected chi connectivity index (χ2v) is 7.61. The summed E-state index contributed by atoms with van der Waals surface area (Å²) in [6.45, 7) is 0.199. The quantitative estimate of drug-likeness (QED) is 0.449. The van der Waals surface area contributed by atoms with Crippen molar-refractivity contribution in [2.45, 2.75) is 11.8 Å². The third kappa shape index (κ3) is 4.36. The molecule has 4 aromatic rings. The number of aromatic nitrogens is 3. The number of nitrogens with two attached hydrogens (primary N) is 1. The Bertz CT molecular complexity index is 1170. The van der Waals surface area contributed by atoms with Gasteiger partial charge in [0.15, 0.2) is 11.0 Å². The Morgan fingerprint density at radius 1 is 1.07 bits per heavy atom. The molecule has 0 saturated heterocycles. The first-order valence-electron chi connectivity index (χ1n) is 8.84. The Morgan fingerprint density at radius 2 is 1.86 bits per heavy atom. The molecule has 0 aliphatic carbocycles. The van der Waals surface area contributed by atoms with Crippen LogP contribution < -0.4 is 10.5 Å².